The van der Waals surface area contributed by atoms with Gasteiger partial charge >= 0.3 is 0 Å². The highest BCUT2D eigenvalue weighted by Gasteiger charge is 2.54. The van der Waals surface area contributed by atoms with Crippen molar-refractivity contribution in [2.24, 2.45) is 11.3 Å². The minimum atomic E-state index is -0.589. The molecule has 4 rings (SSSR count). The van der Waals surface area contributed by atoms with Crippen LogP contribution in [0.2, 0.25) is 0 Å². The van der Waals surface area contributed by atoms with Crippen LogP contribution in [0.3, 0.4) is 0 Å². The molecule has 1 aliphatic carbocycles. The number of hydrogen-bond donors (Lipinski definition) is 1. The van der Waals surface area contributed by atoms with Gasteiger partial charge in [-0.1, -0.05) is 66.0 Å². The van der Waals surface area contributed by atoms with Crippen LogP contribution in [0.15, 0.2) is 24.3 Å². The van der Waals surface area contributed by atoms with E-state index in [4.69, 9.17) is 4.74 Å². The van der Waals surface area contributed by atoms with E-state index in [-0.39, 0.29) is 41.7 Å². The number of carbonyl (C=O) groups excluding carboxylic acids is 2. The van der Waals surface area contributed by atoms with Gasteiger partial charge in [0.1, 0.15) is 11.9 Å². The van der Waals surface area contributed by atoms with Crippen LogP contribution >= 0.6 is 0 Å². The lowest BCUT2D eigenvalue weighted by Crippen LogP contribution is -2.58. The quantitative estimate of drug-likeness (QED) is 0.535. The highest BCUT2D eigenvalue weighted by molar-refractivity contribution is 5.89. The van der Waals surface area contributed by atoms with Gasteiger partial charge in [-0.05, 0) is 48.8 Å². The summed E-state index contributed by atoms with van der Waals surface area (Å²) < 4.78 is 19.9. The summed E-state index contributed by atoms with van der Waals surface area (Å²) in [5.74, 6) is -0.458. The average Bonchev–Trinajstić information content (AvgIpc) is 3.47. The molecule has 2 amide bonds. The van der Waals surface area contributed by atoms with Gasteiger partial charge in [-0.2, -0.15) is 0 Å². The van der Waals surface area contributed by atoms with Gasteiger partial charge in [0.25, 0.3) is 0 Å². The molecule has 7 heteroatoms. The van der Waals surface area contributed by atoms with E-state index < -0.39 is 11.5 Å². The summed E-state index contributed by atoms with van der Waals surface area (Å²) in [6.45, 7) is 11.8. The first kappa shape index (κ1) is 28.0. The van der Waals surface area contributed by atoms with Gasteiger partial charge in [-0.15, -0.1) is 0 Å². The molecule has 2 aliphatic heterocycles. The third kappa shape index (κ3) is 6.36. The molecule has 3 aliphatic rings. The number of hydrogen-bond acceptors (Lipinski definition) is 4. The van der Waals surface area contributed by atoms with Crippen molar-refractivity contribution in [3.8, 4) is 0 Å². The number of carbonyl (C=O) groups is 2. The summed E-state index contributed by atoms with van der Waals surface area (Å²) in [5.41, 5.74) is 0.517. The molecule has 37 heavy (non-hydrogen) atoms. The largest absolute Gasteiger partial charge is 0.370 e. The van der Waals surface area contributed by atoms with Crippen molar-refractivity contribution in [2.75, 3.05) is 13.1 Å². The summed E-state index contributed by atoms with van der Waals surface area (Å²) in [4.78, 5) is 31.6. The normalized spacial score (nSPS) is 26.6. The molecular formula is C30H46FN3O3. The van der Waals surface area contributed by atoms with Gasteiger partial charge in [0.15, 0.2) is 0 Å². The second-order valence-corrected chi connectivity index (χ2v) is 12.5. The molecule has 5 atom stereocenters. The van der Waals surface area contributed by atoms with Gasteiger partial charge in [0, 0.05) is 31.1 Å². The number of nitrogens with zero attached hydrogens (tertiary/aromatic N) is 2. The topological polar surface area (TPSA) is 61.9 Å². The van der Waals surface area contributed by atoms with Crippen LogP contribution in [0, 0.1) is 17.2 Å². The maximum absolute atomic E-state index is 14.1. The Kier molecular flexibility index (Phi) is 8.95. The molecule has 0 unspecified atom stereocenters. The third-order valence-corrected chi connectivity index (χ3v) is 8.78. The van der Waals surface area contributed by atoms with Crippen molar-refractivity contribution < 1.29 is 18.7 Å². The number of ether oxygens (including phenoxy) is 1. The molecule has 1 N–H and O–H groups in total. The van der Waals surface area contributed by atoms with E-state index in [1.54, 1.807) is 12.1 Å². The zero-order valence-electron chi connectivity index (χ0n) is 23.3. The Balaban J connectivity index is 1.55. The third-order valence-electron chi connectivity index (χ3n) is 8.78. The Morgan fingerprint density at radius 3 is 2.41 bits per heavy atom. The molecule has 0 radical (unpaired) electrons. The standard InChI is InChI=1S/C30H46FN3O3/c1-6-20(2)28(35)32-27(30(3,4)5)29(36)33-17-16-24-26(33)25(18-34(24)23-10-8-7-9-11-23)37-19-21-12-14-22(31)15-13-21/h12-15,20,23-27H,6-11,16-19H2,1-5H3,(H,32,35)/t20-,24-,25+,26+,27-/m1/s1. The van der Waals surface area contributed by atoms with Crippen LogP contribution in [-0.4, -0.2) is 65.0 Å². The Morgan fingerprint density at radius 2 is 1.78 bits per heavy atom. The minimum Gasteiger partial charge on any atom is -0.370 e. The molecule has 0 aromatic heterocycles. The summed E-state index contributed by atoms with van der Waals surface area (Å²) in [6.07, 6.45) is 7.78. The second-order valence-electron chi connectivity index (χ2n) is 12.5. The van der Waals surface area contributed by atoms with Crippen LogP contribution in [0.4, 0.5) is 4.39 Å². The van der Waals surface area contributed by atoms with Crippen molar-refractivity contribution in [3.05, 3.63) is 35.6 Å². The Hall–Kier alpha value is -1.99. The molecular weight excluding hydrogens is 469 g/mol. The number of amides is 2. The van der Waals surface area contributed by atoms with E-state index in [2.05, 4.69) is 10.2 Å². The van der Waals surface area contributed by atoms with Gasteiger partial charge in [-0.25, -0.2) is 4.39 Å². The Labute approximate surface area is 222 Å². The lowest BCUT2D eigenvalue weighted by Gasteiger charge is -2.37. The van der Waals surface area contributed by atoms with Crippen LogP contribution < -0.4 is 5.32 Å². The van der Waals surface area contributed by atoms with Crippen LogP contribution in [0.25, 0.3) is 0 Å². The van der Waals surface area contributed by atoms with Crippen molar-refractivity contribution in [1.82, 2.24) is 15.1 Å². The number of benzene rings is 1. The molecule has 0 bridgehead atoms. The second kappa shape index (κ2) is 11.8. The van der Waals surface area contributed by atoms with Gasteiger partial charge in [0.2, 0.25) is 11.8 Å². The first-order valence-electron chi connectivity index (χ1n) is 14.3. The fourth-order valence-electron chi connectivity index (χ4n) is 6.37. The van der Waals surface area contributed by atoms with Gasteiger partial charge in [-0.3, -0.25) is 14.5 Å². The van der Waals surface area contributed by atoms with Gasteiger partial charge in [0.05, 0.1) is 18.8 Å². The Bertz CT molecular complexity index is 925. The number of fused-ring (bicyclic) bond motifs is 1. The highest BCUT2D eigenvalue weighted by Crippen LogP contribution is 2.39. The van der Waals surface area contributed by atoms with E-state index in [0.29, 0.717) is 19.2 Å². The summed E-state index contributed by atoms with van der Waals surface area (Å²) in [7, 11) is 0. The molecule has 3 fully saturated rings. The maximum Gasteiger partial charge on any atom is 0.246 e. The molecule has 6 nitrogen and oxygen atoms in total. The smallest absolute Gasteiger partial charge is 0.246 e. The molecule has 2 heterocycles. The van der Waals surface area contributed by atoms with Crippen LogP contribution in [0.5, 0.6) is 0 Å². The molecule has 0 spiro atoms. The lowest BCUT2D eigenvalue weighted by atomic mass is 9.85. The lowest BCUT2D eigenvalue weighted by molar-refractivity contribution is -0.143. The molecule has 206 valence electrons. The van der Waals surface area contributed by atoms with E-state index in [1.165, 1.54) is 44.2 Å². The number of rotatable bonds is 8. The number of likely N-dealkylation sites (tertiary alicyclic amines) is 2. The molecule has 1 aromatic rings. The Morgan fingerprint density at radius 1 is 1.11 bits per heavy atom. The van der Waals surface area contributed by atoms with Crippen molar-refractivity contribution in [1.29, 1.82) is 0 Å². The molecule has 2 saturated heterocycles. The van der Waals surface area contributed by atoms with Crippen molar-refractivity contribution >= 4 is 11.8 Å². The zero-order chi connectivity index (χ0) is 26.7. The van der Waals surface area contributed by atoms with E-state index in [1.807, 2.05) is 39.5 Å². The number of halogens is 1. The molecule has 1 saturated carbocycles. The van der Waals surface area contributed by atoms with E-state index >= 15 is 0 Å². The fraction of sp³-hybridized carbons (Fsp3) is 0.733. The number of nitrogens with one attached hydrogen (secondary N) is 1. The highest BCUT2D eigenvalue weighted by atomic mass is 19.1. The van der Waals surface area contributed by atoms with Crippen LogP contribution in [-0.2, 0) is 20.9 Å². The first-order valence-corrected chi connectivity index (χ1v) is 14.3. The summed E-state index contributed by atoms with van der Waals surface area (Å²) in [6, 6.07) is 6.63. The predicted molar refractivity (Wildman–Crippen MR) is 143 cm³/mol. The fourth-order valence-corrected chi connectivity index (χ4v) is 6.37. The maximum atomic E-state index is 14.1. The van der Waals surface area contributed by atoms with E-state index in [9.17, 15) is 14.0 Å². The monoisotopic (exact) mass is 515 g/mol. The predicted octanol–water partition coefficient (Wildman–Crippen LogP) is 4.91. The van der Waals surface area contributed by atoms with E-state index in [0.717, 1.165) is 24.9 Å². The van der Waals surface area contributed by atoms with Crippen molar-refractivity contribution in [2.45, 2.75) is 116 Å². The minimum absolute atomic E-state index is 0.00229. The first-order chi connectivity index (χ1) is 17.6. The van der Waals surface area contributed by atoms with Crippen LogP contribution in [0.1, 0.15) is 85.1 Å². The van der Waals surface area contributed by atoms with Crippen molar-refractivity contribution in [3.63, 3.8) is 0 Å². The molecule has 1 aromatic carbocycles. The summed E-state index contributed by atoms with van der Waals surface area (Å²) in [5, 5.41) is 3.10. The average molecular weight is 516 g/mol. The van der Waals surface area contributed by atoms with Gasteiger partial charge < -0.3 is 15.0 Å². The summed E-state index contributed by atoms with van der Waals surface area (Å²) >= 11 is 0. The zero-order valence-corrected chi connectivity index (χ0v) is 23.3. The SMILES string of the molecule is CC[C@@H](C)C(=O)N[C@H](C(=O)N1CC[C@@H]2[C@H]1[C@@H](OCc1ccc(F)cc1)CN2C1CCCCC1)C(C)(C)C.